The Bertz CT molecular complexity index is 755. The van der Waals surface area contributed by atoms with Crippen LogP contribution in [-0.2, 0) is 17.6 Å². The van der Waals surface area contributed by atoms with Crippen LogP contribution in [0.5, 0.6) is 0 Å². The molecule has 1 aliphatic heterocycles. The van der Waals surface area contributed by atoms with Gasteiger partial charge in [-0.2, -0.15) is 0 Å². The zero-order valence-electron chi connectivity index (χ0n) is 12.6. The molecular formula is C16H18N3O2S-. The first-order valence-electron chi connectivity index (χ1n) is 7.91. The summed E-state index contributed by atoms with van der Waals surface area (Å²) >= 11 is 1.76. The van der Waals surface area contributed by atoms with Crippen molar-refractivity contribution in [3.8, 4) is 0 Å². The molecule has 116 valence electrons. The highest BCUT2D eigenvalue weighted by Crippen LogP contribution is 2.41. The summed E-state index contributed by atoms with van der Waals surface area (Å²) in [5.41, 5.74) is 1.35. The van der Waals surface area contributed by atoms with E-state index in [2.05, 4.69) is 9.97 Å². The van der Waals surface area contributed by atoms with Gasteiger partial charge in [0.2, 0.25) is 0 Å². The van der Waals surface area contributed by atoms with Crippen molar-refractivity contribution < 1.29 is 9.90 Å². The Kier molecular flexibility index (Phi) is 3.29. The van der Waals surface area contributed by atoms with Crippen LogP contribution in [0.1, 0.15) is 41.9 Å². The highest BCUT2D eigenvalue weighted by molar-refractivity contribution is 7.19. The molecule has 2 aliphatic rings. The molecule has 5 nitrogen and oxygen atoms in total. The second kappa shape index (κ2) is 5.19. The third kappa shape index (κ3) is 2.08. The van der Waals surface area contributed by atoms with Gasteiger partial charge in [-0.3, -0.25) is 0 Å². The number of fused-ring (bicyclic) bond motifs is 3. The first-order chi connectivity index (χ1) is 10.6. The number of carboxylic acids is 1. The highest BCUT2D eigenvalue weighted by atomic mass is 32.1. The van der Waals surface area contributed by atoms with Crippen LogP contribution in [0.15, 0.2) is 0 Å². The molecule has 0 aromatic carbocycles. The van der Waals surface area contributed by atoms with Crippen LogP contribution in [-0.4, -0.2) is 28.5 Å². The minimum Gasteiger partial charge on any atom is -0.548 e. The number of carboxylic acid groups (broad SMARTS) is 1. The molecule has 0 radical (unpaired) electrons. The summed E-state index contributed by atoms with van der Waals surface area (Å²) in [5, 5.41) is 12.5. The minimum absolute atomic E-state index is 0.559. The van der Waals surface area contributed by atoms with Crippen LogP contribution in [0.4, 0.5) is 5.82 Å². The maximum absolute atomic E-state index is 11.4. The summed E-state index contributed by atoms with van der Waals surface area (Å²) < 4.78 is 0. The Labute approximate surface area is 133 Å². The molecule has 1 saturated heterocycles. The Morgan fingerprint density at radius 1 is 1.27 bits per heavy atom. The number of nitrogens with zero attached hydrogens (tertiary/aromatic N) is 3. The Morgan fingerprint density at radius 2 is 2.09 bits per heavy atom. The molecule has 22 heavy (non-hydrogen) atoms. The first-order valence-corrected chi connectivity index (χ1v) is 8.73. The van der Waals surface area contributed by atoms with E-state index in [9.17, 15) is 9.90 Å². The molecule has 0 unspecified atom stereocenters. The molecule has 0 spiro atoms. The lowest BCUT2D eigenvalue weighted by atomic mass is 9.97. The van der Waals surface area contributed by atoms with Crippen molar-refractivity contribution in [3.05, 3.63) is 16.3 Å². The lowest BCUT2D eigenvalue weighted by Crippen LogP contribution is -2.45. The summed E-state index contributed by atoms with van der Waals surface area (Å²) in [4.78, 5) is 25.0. The number of hydrogen-bond acceptors (Lipinski definition) is 6. The quantitative estimate of drug-likeness (QED) is 0.841. The second-order valence-electron chi connectivity index (χ2n) is 6.16. The fraction of sp³-hybridized carbons (Fsp3) is 0.562. The van der Waals surface area contributed by atoms with Gasteiger partial charge in [-0.05, 0) is 51.0 Å². The number of anilines is 1. The zero-order valence-corrected chi connectivity index (χ0v) is 13.4. The molecule has 2 aromatic rings. The molecule has 0 N–H and O–H groups in total. The lowest BCUT2D eigenvalue weighted by Gasteiger charge is -2.27. The van der Waals surface area contributed by atoms with E-state index in [4.69, 9.17) is 0 Å². The fourth-order valence-corrected chi connectivity index (χ4v) is 5.02. The van der Waals surface area contributed by atoms with Gasteiger partial charge in [-0.15, -0.1) is 11.3 Å². The van der Waals surface area contributed by atoms with Gasteiger partial charge < -0.3 is 14.8 Å². The van der Waals surface area contributed by atoms with Gasteiger partial charge in [0.15, 0.2) is 0 Å². The smallest absolute Gasteiger partial charge is 0.141 e. The van der Waals surface area contributed by atoms with E-state index in [-0.39, 0.29) is 0 Å². The van der Waals surface area contributed by atoms with E-state index >= 15 is 0 Å². The van der Waals surface area contributed by atoms with E-state index in [1.54, 1.807) is 11.3 Å². The van der Waals surface area contributed by atoms with Crippen molar-refractivity contribution in [2.24, 2.45) is 0 Å². The third-order valence-corrected chi connectivity index (χ3v) is 5.89. The number of hydrogen-bond donors (Lipinski definition) is 0. The van der Waals surface area contributed by atoms with E-state index in [0.29, 0.717) is 12.2 Å². The number of thiophene rings is 1. The number of aliphatic carboxylic acids is 1. The van der Waals surface area contributed by atoms with E-state index in [1.807, 2.05) is 11.8 Å². The molecule has 1 atom stereocenters. The second-order valence-corrected chi connectivity index (χ2v) is 7.24. The third-order valence-electron chi connectivity index (χ3n) is 4.70. The van der Waals surface area contributed by atoms with Crippen LogP contribution in [0.25, 0.3) is 10.2 Å². The van der Waals surface area contributed by atoms with Gasteiger partial charge in [-0.25, -0.2) is 9.97 Å². The van der Waals surface area contributed by atoms with Crippen LogP contribution >= 0.6 is 11.3 Å². The highest BCUT2D eigenvalue weighted by Gasteiger charge is 2.30. The molecule has 1 fully saturated rings. The van der Waals surface area contributed by atoms with E-state index in [0.717, 1.165) is 41.8 Å². The zero-order chi connectivity index (χ0) is 15.3. The maximum Gasteiger partial charge on any atom is 0.141 e. The predicted octanol–water partition coefficient (Wildman–Crippen LogP) is 1.60. The Hall–Kier alpha value is -1.69. The van der Waals surface area contributed by atoms with Crippen molar-refractivity contribution in [1.29, 1.82) is 0 Å². The summed E-state index contributed by atoms with van der Waals surface area (Å²) in [5.74, 6) is 0.532. The predicted molar refractivity (Wildman–Crippen MR) is 84.2 cm³/mol. The Balaban J connectivity index is 1.92. The number of carbonyl (C=O) groups is 1. The van der Waals surface area contributed by atoms with E-state index < -0.39 is 12.0 Å². The molecular weight excluding hydrogens is 298 g/mol. The lowest BCUT2D eigenvalue weighted by molar-refractivity contribution is -0.307. The van der Waals surface area contributed by atoms with Gasteiger partial charge in [-0.1, -0.05) is 0 Å². The summed E-state index contributed by atoms with van der Waals surface area (Å²) in [6.45, 7) is 2.61. The normalized spacial score (nSPS) is 21.3. The minimum atomic E-state index is -0.994. The van der Waals surface area contributed by atoms with Crippen molar-refractivity contribution in [3.63, 3.8) is 0 Å². The average molecular weight is 316 g/mol. The summed E-state index contributed by atoms with van der Waals surface area (Å²) in [6.07, 6.45) is 6.09. The molecule has 0 amide bonds. The summed E-state index contributed by atoms with van der Waals surface area (Å²) in [7, 11) is 0. The standard InChI is InChI=1S/C16H19N3O2S/c1-9-17-14(19-8-4-6-11(19)16(20)21)13-10-5-2-3-7-12(10)22-15(13)18-9/h11H,2-8H2,1H3,(H,20,21)/p-1/t11-/m1/s1. The van der Waals surface area contributed by atoms with Gasteiger partial charge in [0.25, 0.3) is 0 Å². The van der Waals surface area contributed by atoms with Crippen LogP contribution < -0.4 is 10.0 Å². The van der Waals surface area contributed by atoms with Gasteiger partial charge in [0.05, 0.1) is 17.4 Å². The van der Waals surface area contributed by atoms with Crippen molar-refractivity contribution in [2.75, 3.05) is 11.4 Å². The molecule has 1 aliphatic carbocycles. The topological polar surface area (TPSA) is 69.2 Å². The van der Waals surface area contributed by atoms with E-state index in [1.165, 1.54) is 23.3 Å². The number of rotatable bonds is 2. The monoisotopic (exact) mass is 316 g/mol. The van der Waals surface area contributed by atoms with Crippen LogP contribution in [0.3, 0.4) is 0 Å². The largest absolute Gasteiger partial charge is 0.548 e. The summed E-state index contributed by atoms with van der Waals surface area (Å²) in [6, 6.07) is -0.559. The van der Waals surface area contributed by atoms with Crippen molar-refractivity contribution in [2.45, 2.75) is 51.5 Å². The molecule has 0 bridgehead atoms. The van der Waals surface area contributed by atoms with Crippen molar-refractivity contribution in [1.82, 2.24) is 9.97 Å². The molecule has 4 rings (SSSR count). The number of aryl methyl sites for hydroxylation is 3. The SMILES string of the molecule is Cc1nc(N2CCC[C@@H]2C(=O)[O-])c2c3c(sc2n1)CCCC3. The van der Waals surface area contributed by atoms with Gasteiger partial charge >= 0.3 is 0 Å². The molecule has 6 heteroatoms. The van der Waals surface area contributed by atoms with Gasteiger partial charge in [0, 0.05) is 11.4 Å². The van der Waals surface area contributed by atoms with Crippen molar-refractivity contribution >= 4 is 33.3 Å². The van der Waals surface area contributed by atoms with Gasteiger partial charge in [0.1, 0.15) is 16.5 Å². The number of carbonyl (C=O) groups excluding carboxylic acids is 1. The molecule has 2 aromatic heterocycles. The van der Waals surface area contributed by atoms with Crippen LogP contribution in [0.2, 0.25) is 0 Å². The fourth-order valence-electron chi connectivity index (χ4n) is 3.72. The molecule has 0 saturated carbocycles. The molecule has 3 heterocycles. The maximum atomic E-state index is 11.4. The average Bonchev–Trinajstić information content (AvgIpc) is 3.10. The Morgan fingerprint density at radius 3 is 2.91 bits per heavy atom. The van der Waals surface area contributed by atoms with Crippen LogP contribution in [0, 0.1) is 6.92 Å². The number of aromatic nitrogens is 2. The first kappa shape index (κ1) is 13.9.